The van der Waals surface area contributed by atoms with E-state index in [2.05, 4.69) is 15.0 Å². The number of hydrogen-bond donors (Lipinski definition) is 0. The van der Waals surface area contributed by atoms with Gasteiger partial charge in [-0.2, -0.15) is 13.2 Å². The van der Waals surface area contributed by atoms with Crippen LogP contribution in [0.3, 0.4) is 0 Å². The van der Waals surface area contributed by atoms with Gasteiger partial charge in [-0.3, -0.25) is 14.8 Å². The maximum absolute atomic E-state index is 13.1. The monoisotopic (exact) mass is 547 g/mol. The minimum Gasteiger partial charge on any atom is -0.352 e. The van der Waals surface area contributed by atoms with Gasteiger partial charge in [0.25, 0.3) is 5.91 Å². The molecule has 5 rings (SSSR count). The van der Waals surface area contributed by atoms with Gasteiger partial charge in [-0.1, -0.05) is 23.7 Å². The van der Waals surface area contributed by atoms with Gasteiger partial charge in [0.05, 0.1) is 22.5 Å². The molecule has 190 valence electrons. The molecule has 1 saturated heterocycles. The number of carbonyl (C=O) groups is 1. The second-order valence-corrected chi connectivity index (χ2v) is 8.97. The molecule has 13 heteroatoms. The molecular formula is C24H18Cl2F3N7O. The van der Waals surface area contributed by atoms with Crippen molar-refractivity contribution in [2.75, 3.05) is 31.1 Å². The molecule has 1 aromatic carbocycles. The second-order valence-electron chi connectivity index (χ2n) is 8.20. The predicted molar refractivity (Wildman–Crippen MR) is 132 cm³/mol. The van der Waals surface area contributed by atoms with Crippen molar-refractivity contribution in [2.45, 2.75) is 6.18 Å². The summed E-state index contributed by atoms with van der Waals surface area (Å²) >= 11 is 12.4. The van der Waals surface area contributed by atoms with Crippen LogP contribution in [-0.2, 0) is 6.18 Å². The zero-order valence-electron chi connectivity index (χ0n) is 19.0. The quantitative estimate of drug-likeness (QED) is 0.356. The number of alkyl halides is 3. The summed E-state index contributed by atoms with van der Waals surface area (Å²) in [6.45, 7) is 1.78. The molecule has 0 radical (unpaired) electrons. The molecule has 4 aromatic rings. The van der Waals surface area contributed by atoms with Gasteiger partial charge >= 0.3 is 6.18 Å². The summed E-state index contributed by atoms with van der Waals surface area (Å²) < 4.78 is 40.3. The van der Waals surface area contributed by atoms with Crippen LogP contribution in [0.25, 0.3) is 22.5 Å². The minimum atomic E-state index is -4.45. The first-order chi connectivity index (χ1) is 17.7. The molecule has 37 heavy (non-hydrogen) atoms. The number of halogens is 5. The molecule has 1 fully saturated rings. The maximum atomic E-state index is 13.1. The van der Waals surface area contributed by atoms with Crippen LogP contribution in [0.5, 0.6) is 0 Å². The van der Waals surface area contributed by atoms with E-state index in [4.69, 9.17) is 28.4 Å². The Balaban J connectivity index is 1.44. The number of benzene rings is 1. The normalized spacial score (nSPS) is 14.2. The van der Waals surface area contributed by atoms with E-state index in [1.165, 1.54) is 30.7 Å². The SMILES string of the molecule is O=C(c1nccn1Cl)N1CCN(c2cnc(-c3ccc(C(F)(F)F)cc3)c(-c3ccncc3Cl)n2)CC1. The fourth-order valence-electron chi connectivity index (χ4n) is 4.03. The van der Waals surface area contributed by atoms with Crippen LogP contribution in [0, 0.1) is 0 Å². The number of anilines is 1. The summed E-state index contributed by atoms with van der Waals surface area (Å²) in [7, 11) is 0. The Hall–Kier alpha value is -3.70. The standard InChI is InChI=1S/C24H18Cl2F3N7O/c25-18-13-30-6-5-17(18)21-20(15-1-3-16(4-2-15)24(27,28)29)32-14-19(33-21)34-9-11-35(12-10-34)23(37)22-31-7-8-36(22)26/h1-8,13-14H,9-12H2. The third-order valence-corrected chi connectivity index (χ3v) is 6.53. The van der Waals surface area contributed by atoms with Gasteiger partial charge in [0.1, 0.15) is 11.5 Å². The largest absolute Gasteiger partial charge is 0.416 e. The Morgan fingerprint density at radius 3 is 2.27 bits per heavy atom. The number of amides is 1. The molecule has 3 aromatic heterocycles. The van der Waals surface area contributed by atoms with E-state index < -0.39 is 11.7 Å². The molecule has 0 aliphatic carbocycles. The molecular weight excluding hydrogens is 530 g/mol. The molecule has 0 unspecified atom stereocenters. The number of nitrogens with zero attached hydrogens (tertiary/aromatic N) is 7. The van der Waals surface area contributed by atoms with E-state index in [9.17, 15) is 18.0 Å². The van der Waals surface area contributed by atoms with Crippen LogP contribution in [-0.4, -0.2) is 61.0 Å². The average Bonchev–Trinajstić information content (AvgIpc) is 3.33. The van der Waals surface area contributed by atoms with Gasteiger partial charge < -0.3 is 9.80 Å². The molecule has 1 amide bonds. The van der Waals surface area contributed by atoms with Crippen molar-refractivity contribution < 1.29 is 18.0 Å². The topological polar surface area (TPSA) is 80.0 Å². The predicted octanol–water partition coefficient (Wildman–Crippen LogP) is 5.04. The molecule has 1 aliphatic heterocycles. The summed E-state index contributed by atoms with van der Waals surface area (Å²) in [5.74, 6) is 0.419. The molecule has 0 N–H and O–H groups in total. The van der Waals surface area contributed by atoms with Crippen LogP contribution < -0.4 is 4.90 Å². The number of carbonyl (C=O) groups excluding carboxylic acids is 1. The minimum absolute atomic E-state index is 0.144. The molecule has 0 bridgehead atoms. The van der Waals surface area contributed by atoms with Crippen LogP contribution in [0.1, 0.15) is 16.2 Å². The molecule has 4 heterocycles. The maximum Gasteiger partial charge on any atom is 0.416 e. The van der Waals surface area contributed by atoms with Crippen molar-refractivity contribution in [3.05, 3.63) is 77.7 Å². The number of pyridine rings is 1. The van der Waals surface area contributed by atoms with E-state index in [1.807, 2.05) is 4.90 Å². The van der Waals surface area contributed by atoms with Crippen molar-refractivity contribution in [3.8, 4) is 22.5 Å². The summed E-state index contributed by atoms with van der Waals surface area (Å²) in [6, 6.07) is 6.40. The van der Waals surface area contributed by atoms with E-state index in [0.29, 0.717) is 59.5 Å². The lowest BCUT2D eigenvalue weighted by atomic mass is 10.0. The highest BCUT2D eigenvalue weighted by Gasteiger charge is 2.30. The van der Waals surface area contributed by atoms with Crippen LogP contribution >= 0.6 is 23.4 Å². The Morgan fingerprint density at radius 1 is 0.919 bits per heavy atom. The van der Waals surface area contributed by atoms with Crippen molar-refractivity contribution >= 4 is 35.1 Å². The lowest BCUT2D eigenvalue weighted by Crippen LogP contribution is -2.49. The highest BCUT2D eigenvalue weighted by molar-refractivity contribution is 6.33. The van der Waals surface area contributed by atoms with Crippen LogP contribution in [0.15, 0.2) is 61.3 Å². The fourth-order valence-corrected chi connectivity index (χ4v) is 4.41. The molecule has 0 spiro atoms. The first-order valence-corrected chi connectivity index (χ1v) is 11.8. The number of imidazole rings is 1. The van der Waals surface area contributed by atoms with E-state index in [1.54, 1.807) is 23.4 Å². The Labute approximate surface area is 219 Å². The van der Waals surface area contributed by atoms with E-state index >= 15 is 0 Å². The Kier molecular flexibility index (Phi) is 6.74. The van der Waals surface area contributed by atoms with Crippen molar-refractivity contribution in [1.82, 2.24) is 28.9 Å². The zero-order valence-corrected chi connectivity index (χ0v) is 20.5. The highest BCUT2D eigenvalue weighted by atomic mass is 35.5. The fraction of sp³-hybridized carbons (Fsp3) is 0.208. The second kappa shape index (κ2) is 9.98. The zero-order chi connectivity index (χ0) is 26.2. The molecule has 1 aliphatic rings. The van der Waals surface area contributed by atoms with Gasteiger partial charge in [-0.15, -0.1) is 0 Å². The highest BCUT2D eigenvalue weighted by Crippen LogP contribution is 2.36. The van der Waals surface area contributed by atoms with Crippen molar-refractivity contribution in [3.63, 3.8) is 0 Å². The Morgan fingerprint density at radius 2 is 1.65 bits per heavy atom. The summed E-state index contributed by atoms with van der Waals surface area (Å²) in [5.41, 5.74) is 1.04. The summed E-state index contributed by atoms with van der Waals surface area (Å²) in [6.07, 6.45) is 3.08. The van der Waals surface area contributed by atoms with Gasteiger partial charge in [-0.25, -0.2) is 14.1 Å². The van der Waals surface area contributed by atoms with E-state index in [-0.39, 0.29) is 11.7 Å². The first-order valence-electron chi connectivity index (χ1n) is 11.1. The summed E-state index contributed by atoms with van der Waals surface area (Å²) in [5, 5.41) is 0.328. The Bertz CT molecular complexity index is 1440. The van der Waals surface area contributed by atoms with Crippen LogP contribution in [0.4, 0.5) is 19.0 Å². The lowest BCUT2D eigenvalue weighted by molar-refractivity contribution is -0.137. The third-order valence-electron chi connectivity index (χ3n) is 5.95. The number of aromatic nitrogens is 5. The van der Waals surface area contributed by atoms with Gasteiger partial charge in [0.2, 0.25) is 5.82 Å². The van der Waals surface area contributed by atoms with Gasteiger partial charge in [0, 0.05) is 73.9 Å². The number of piperazine rings is 1. The third kappa shape index (κ3) is 5.09. The lowest BCUT2D eigenvalue weighted by Gasteiger charge is -2.35. The van der Waals surface area contributed by atoms with Gasteiger partial charge in [-0.05, 0) is 18.2 Å². The van der Waals surface area contributed by atoms with Gasteiger partial charge in [0.15, 0.2) is 0 Å². The van der Waals surface area contributed by atoms with Crippen LogP contribution in [0.2, 0.25) is 5.02 Å². The van der Waals surface area contributed by atoms with E-state index in [0.717, 1.165) is 16.2 Å². The average molecular weight is 548 g/mol. The number of hydrogen-bond acceptors (Lipinski definition) is 6. The first kappa shape index (κ1) is 25.0. The van der Waals surface area contributed by atoms with Crippen molar-refractivity contribution in [2.24, 2.45) is 0 Å². The number of rotatable bonds is 4. The van der Waals surface area contributed by atoms with Crippen molar-refractivity contribution in [1.29, 1.82) is 0 Å². The summed E-state index contributed by atoms with van der Waals surface area (Å²) in [4.78, 5) is 33.7. The molecule has 0 saturated carbocycles. The molecule has 0 atom stereocenters. The smallest absolute Gasteiger partial charge is 0.352 e. The molecule has 8 nitrogen and oxygen atoms in total.